The van der Waals surface area contributed by atoms with Crippen LogP contribution in [-0.2, 0) is 6.54 Å². The number of ether oxygens (including phenoxy) is 1. The number of fused-ring (bicyclic) bond motifs is 1. The summed E-state index contributed by atoms with van der Waals surface area (Å²) >= 11 is 6.22. The molecular weight excluding hydrogens is 406 g/mol. The lowest BCUT2D eigenvalue weighted by atomic mass is 10.1. The molecule has 4 aromatic rings. The van der Waals surface area contributed by atoms with Crippen LogP contribution in [-0.4, -0.2) is 16.2 Å². The standard InChI is InChI=1S/C24H19ClF2N2O/c25-17-8-9-18(23(10-17)30-14-16-6-7-16)24-28-21-11-19(26)20(27)12-22(21)29(24)13-15-4-2-1-3-5-15/h1-5,8-12,16H,6-7,13-14H2. The van der Waals surface area contributed by atoms with Crippen molar-refractivity contribution in [3.05, 3.63) is 82.9 Å². The van der Waals surface area contributed by atoms with Gasteiger partial charge in [0.1, 0.15) is 11.6 Å². The molecule has 0 aliphatic heterocycles. The quantitative estimate of drug-likeness (QED) is 0.354. The largest absolute Gasteiger partial charge is 0.492 e. The molecule has 5 rings (SSSR count). The molecule has 0 atom stereocenters. The van der Waals surface area contributed by atoms with E-state index in [-0.39, 0.29) is 0 Å². The van der Waals surface area contributed by atoms with Crippen molar-refractivity contribution >= 4 is 22.6 Å². The van der Waals surface area contributed by atoms with Crippen LogP contribution < -0.4 is 4.74 Å². The van der Waals surface area contributed by atoms with E-state index >= 15 is 0 Å². The van der Waals surface area contributed by atoms with Crippen molar-refractivity contribution < 1.29 is 13.5 Å². The zero-order valence-electron chi connectivity index (χ0n) is 16.1. The third-order valence-electron chi connectivity index (χ3n) is 5.33. The average molecular weight is 425 g/mol. The predicted octanol–water partition coefficient (Wildman–Crippen LogP) is 6.47. The summed E-state index contributed by atoms with van der Waals surface area (Å²) < 4.78 is 35.9. The van der Waals surface area contributed by atoms with Crippen molar-refractivity contribution in [2.24, 2.45) is 5.92 Å². The number of hydrogen-bond acceptors (Lipinski definition) is 2. The van der Waals surface area contributed by atoms with Crippen molar-refractivity contribution in [2.75, 3.05) is 6.61 Å². The van der Waals surface area contributed by atoms with Gasteiger partial charge in [-0.25, -0.2) is 13.8 Å². The van der Waals surface area contributed by atoms with Gasteiger partial charge >= 0.3 is 0 Å². The molecular formula is C24H19ClF2N2O. The van der Waals surface area contributed by atoms with E-state index < -0.39 is 11.6 Å². The Morgan fingerprint density at radius 1 is 1.00 bits per heavy atom. The number of imidazole rings is 1. The van der Waals surface area contributed by atoms with E-state index in [9.17, 15) is 8.78 Å². The predicted molar refractivity (Wildman–Crippen MR) is 114 cm³/mol. The second-order valence-corrected chi connectivity index (χ2v) is 8.09. The van der Waals surface area contributed by atoms with Gasteiger partial charge < -0.3 is 9.30 Å². The van der Waals surface area contributed by atoms with Gasteiger partial charge in [0.05, 0.1) is 23.2 Å². The number of hydrogen-bond donors (Lipinski definition) is 0. The van der Waals surface area contributed by atoms with Crippen LogP contribution in [0.5, 0.6) is 5.75 Å². The fourth-order valence-corrected chi connectivity index (χ4v) is 3.71. The zero-order chi connectivity index (χ0) is 20.7. The van der Waals surface area contributed by atoms with Crippen LogP contribution in [0, 0.1) is 17.6 Å². The maximum Gasteiger partial charge on any atom is 0.161 e. The fraction of sp³-hybridized carbons (Fsp3) is 0.208. The SMILES string of the molecule is Fc1cc2nc(-c3ccc(Cl)cc3OCC3CC3)n(Cc3ccccc3)c2cc1F. The first-order valence-electron chi connectivity index (χ1n) is 9.90. The Kier molecular flexibility index (Phi) is 4.91. The van der Waals surface area contributed by atoms with Gasteiger partial charge in [-0.1, -0.05) is 41.9 Å². The minimum Gasteiger partial charge on any atom is -0.492 e. The number of nitrogens with zero attached hydrogens (tertiary/aromatic N) is 2. The van der Waals surface area contributed by atoms with Crippen LogP contribution in [0.25, 0.3) is 22.4 Å². The topological polar surface area (TPSA) is 27.1 Å². The first-order valence-corrected chi connectivity index (χ1v) is 10.3. The highest BCUT2D eigenvalue weighted by Crippen LogP contribution is 2.37. The highest BCUT2D eigenvalue weighted by atomic mass is 35.5. The highest BCUT2D eigenvalue weighted by Gasteiger charge is 2.24. The first-order chi connectivity index (χ1) is 14.6. The molecule has 0 spiro atoms. The van der Waals surface area contributed by atoms with E-state index in [0.717, 1.165) is 17.2 Å². The van der Waals surface area contributed by atoms with E-state index in [4.69, 9.17) is 16.3 Å². The second kappa shape index (κ2) is 7.73. The number of rotatable bonds is 6. The Bertz CT molecular complexity index is 1220. The second-order valence-electron chi connectivity index (χ2n) is 7.66. The lowest BCUT2D eigenvalue weighted by molar-refractivity contribution is 0.301. The van der Waals surface area contributed by atoms with Gasteiger partial charge in [0.15, 0.2) is 11.6 Å². The number of benzene rings is 3. The van der Waals surface area contributed by atoms with E-state index in [1.165, 1.54) is 18.9 Å². The van der Waals surface area contributed by atoms with Crippen LogP contribution in [0.1, 0.15) is 18.4 Å². The lowest BCUT2D eigenvalue weighted by Gasteiger charge is -2.14. The molecule has 1 fully saturated rings. The molecule has 30 heavy (non-hydrogen) atoms. The highest BCUT2D eigenvalue weighted by molar-refractivity contribution is 6.30. The molecule has 0 saturated heterocycles. The van der Waals surface area contributed by atoms with Crippen LogP contribution in [0.4, 0.5) is 8.78 Å². The van der Waals surface area contributed by atoms with Crippen molar-refractivity contribution in [3.63, 3.8) is 0 Å². The van der Waals surface area contributed by atoms with Crippen molar-refractivity contribution in [1.29, 1.82) is 0 Å². The molecule has 6 heteroatoms. The summed E-state index contributed by atoms with van der Waals surface area (Å²) in [6, 6.07) is 17.5. The lowest BCUT2D eigenvalue weighted by Crippen LogP contribution is -2.05. The van der Waals surface area contributed by atoms with Crippen LogP contribution in [0.15, 0.2) is 60.7 Å². The Balaban J connectivity index is 1.67. The molecule has 1 aromatic heterocycles. The van der Waals surface area contributed by atoms with Crippen LogP contribution in [0.2, 0.25) is 5.02 Å². The van der Waals surface area contributed by atoms with Gasteiger partial charge in [-0.3, -0.25) is 0 Å². The van der Waals surface area contributed by atoms with Crippen molar-refractivity contribution in [2.45, 2.75) is 19.4 Å². The molecule has 0 bridgehead atoms. The molecule has 152 valence electrons. The smallest absolute Gasteiger partial charge is 0.161 e. The molecule has 1 saturated carbocycles. The van der Waals surface area contributed by atoms with Crippen LogP contribution >= 0.6 is 11.6 Å². The Labute approximate surface area is 177 Å². The van der Waals surface area contributed by atoms with Crippen molar-refractivity contribution in [1.82, 2.24) is 9.55 Å². The summed E-state index contributed by atoms with van der Waals surface area (Å²) in [5.41, 5.74) is 2.68. The van der Waals surface area contributed by atoms with E-state index in [1.54, 1.807) is 12.1 Å². The summed E-state index contributed by atoms with van der Waals surface area (Å²) in [5, 5.41) is 0.562. The van der Waals surface area contributed by atoms with E-state index in [1.807, 2.05) is 41.0 Å². The fourth-order valence-electron chi connectivity index (χ4n) is 3.54. The Hall–Kier alpha value is -2.92. The Morgan fingerprint density at radius 3 is 2.53 bits per heavy atom. The van der Waals surface area contributed by atoms with Gasteiger partial charge in [0.25, 0.3) is 0 Å². The number of aromatic nitrogens is 2. The van der Waals surface area contributed by atoms with Crippen molar-refractivity contribution in [3.8, 4) is 17.1 Å². The Morgan fingerprint density at radius 2 is 1.77 bits per heavy atom. The molecule has 0 unspecified atom stereocenters. The molecule has 3 nitrogen and oxygen atoms in total. The average Bonchev–Trinajstić information content (AvgIpc) is 3.52. The first kappa shape index (κ1) is 19.1. The zero-order valence-corrected chi connectivity index (χ0v) is 16.9. The van der Waals surface area contributed by atoms with Crippen LogP contribution in [0.3, 0.4) is 0 Å². The molecule has 1 heterocycles. The summed E-state index contributed by atoms with van der Waals surface area (Å²) in [4.78, 5) is 4.65. The summed E-state index contributed by atoms with van der Waals surface area (Å²) in [5.74, 6) is -0.0336. The van der Waals surface area contributed by atoms with Gasteiger partial charge in [-0.2, -0.15) is 0 Å². The summed E-state index contributed by atoms with van der Waals surface area (Å²) in [6.45, 7) is 1.08. The third-order valence-corrected chi connectivity index (χ3v) is 5.56. The minimum absolute atomic E-state index is 0.392. The minimum atomic E-state index is -0.917. The van der Waals surface area contributed by atoms with Gasteiger partial charge in [0.2, 0.25) is 0 Å². The van der Waals surface area contributed by atoms with Gasteiger partial charge in [-0.15, -0.1) is 0 Å². The van der Waals surface area contributed by atoms with E-state index in [0.29, 0.717) is 46.7 Å². The maximum atomic E-state index is 14.1. The monoisotopic (exact) mass is 424 g/mol. The molecule has 1 aliphatic carbocycles. The molecule has 3 aromatic carbocycles. The normalized spacial score (nSPS) is 13.7. The maximum absolute atomic E-state index is 14.1. The van der Waals surface area contributed by atoms with Gasteiger partial charge in [0, 0.05) is 23.7 Å². The molecule has 1 aliphatic rings. The molecule has 0 amide bonds. The van der Waals surface area contributed by atoms with E-state index in [2.05, 4.69) is 4.98 Å². The van der Waals surface area contributed by atoms with Gasteiger partial charge in [-0.05, 0) is 42.5 Å². The summed E-state index contributed by atoms with van der Waals surface area (Å²) in [7, 11) is 0. The molecule has 0 radical (unpaired) electrons. The third kappa shape index (κ3) is 3.77. The summed E-state index contributed by atoms with van der Waals surface area (Å²) in [6.07, 6.45) is 2.34. The number of halogens is 3. The molecule has 0 N–H and O–H groups in total.